The predicted octanol–water partition coefficient (Wildman–Crippen LogP) is 3.86. The molecule has 21 heavy (non-hydrogen) atoms. The van der Waals surface area contributed by atoms with E-state index in [0.717, 1.165) is 22.6 Å². The summed E-state index contributed by atoms with van der Waals surface area (Å²) >= 11 is 7.77. The van der Waals surface area contributed by atoms with Gasteiger partial charge in [-0.2, -0.15) is 0 Å². The minimum Gasteiger partial charge on any atom is -0.207 e. The highest BCUT2D eigenvalue weighted by Crippen LogP contribution is 2.38. The molecule has 2 aromatic carbocycles. The van der Waals surface area contributed by atoms with Crippen molar-refractivity contribution in [2.45, 2.75) is 22.3 Å². The highest BCUT2D eigenvalue weighted by molar-refractivity contribution is 7.99. The van der Waals surface area contributed by atoms with E-state index >= 15 is 0 Å². The monoisotopic (exact) mass is 339 g/mol. The van der Waals surface area contributed by atoms with Gasteiger partial charge in [0.25, 0.3) is 0 Å². The number of sulfonamides is 1. The predicted molar refractivity (Wildman–Crippen MR) is 86.3 cm³/mol. The third-order valence-electron chi connectivity index (χ3n) is 3.36. The van der Waals surface area contributed by atoms with Crippen LogP contribution in [0.2, 0.25) is 5.02 Å². The van der Waals surface area contributed by atoms with Crippen molar-refractivity contribution < 1.29 is 8.42 Å². The zero-order valence-electron chi connectivity index (χ0n) is 11.1. The van der Waals surface area contributed by atoms with Crippen molar-refractivity contribution in [3.8, 4) is 0 Å². The van der Waals surface area contributed by atoms with Gasteiger partial charge in [0, 0.05) is 16.0 Å². The molecule has 2 aromatic rings. The molecule has 0 amide bonds. The molecule has 3 nitrogen and oxygen atoms in total. The number of hydrogen-bond acceptors (Lipinski definition) is 3. The summed E-state index contributed by atoms with van der Waals surface area (Å²) < 4.78 is 27.7. The topological polar surface area (TPSA) is 46.2 Å². The van der Waals surface area contributed by atoms with E-state index in [-0.39, 0.29) is 10.9 Å². The zero-order valence-corrected chi connectivity index (χ0v) is 13.5. The van der Waals surface area contributed by atoms with Crippen LogP contribution in [0.4, 0.5) is 0 Å². The molecule has 0 spiro atoms. The summed E-state index contributed by atoms with van der Waals surface area (Å²) in [7, 11) is -3.52. The summed E-state index contributed by atoms with van der Waals surface area (Å²) in [4.78, 5) is 1.37. The molecule has 1 aliphatic rings. The maximum atomic E-state index is 12.4. The third-order valence-corrected chi connectivity index (χ3v) is 6.21. The lowest BCUT2D eigenvalue weighted by Crippen LogP contribution is -2.30. The Labute approximate surface area is 133 Å². The van der Waals surface area contributed by atoms with Crippen molar-refractivity contribution in [2.75, 3.05) is 5.75 Å². The van der Waals surface area contributed by atoms with Crippen molar-refractivity contribution >= 4 is 33.4 Å². The fourth-order valence-electron chi connectivity index (χ4n) is 2.34. The molecule has 1 N–H and O–H groups in total. The first-order chi connectivity index (χ1) is 10.1. The molecule has 6 heteroatoms. The van der Waals surface area contributed by atoms with Gasteiger partial charge < -0.3 is 0 Å². The molecule has 0 fully saturated rings. The van der Waals surface area contributed by atoms with Crippen molar-refractivity contribution in [2.24, 2.45) is 0 Å². The van der Waals surface area contributed by atoms with Gasteiger partial charge in [-0.05, 0) is 48.1 Å². The van der Waals surface area contributed by atoms with Crippen molar-refractivity contribution in [3.63, 3.8) is 0 Å². The van der Waals surface area contributed by atoms with Gasteiger partial charge in [-0.25, -0.2) is 13.1 Å². The molecule has 0 bridgehead atoms. The number of thioether (sulfide) groups is 1. The van der Waals surface area contributed by atoms with E-state index in [9.17, 15) is 8.42 Å². The van der Waals surface area contributed by atoms with E-state index < -0.39 is 10.0 Å². The normalized spacial score (nSPS) is 18.2. The average molecular weight is 340 g/mol. The second-order valence-electron chi connectivity index (χ2n) is 4.81. The quantitative estimate of drug-likeness (QED) is 0.923. The van der Waals surface area contributed by atoms with Crippen molar-refractivity contribution in [1.82, 2.24) is 4.72 Å². The molecule has 0 saturated heterocycles. The fraction of sp³-hybridized carbons (Fsp3) is 0.200. The van der Waals surface area contributed by atoms with Crippen LogP contribution in [-0.2, 0) is 10.0 Å². The summed E-state index contributed by atoms with van der Waals surface area (Å²) in [6.07, 6.45) is 0.754. The zero-order chi connectivity index (χ0) is 14.9. The second kappa shape index (κ2) is 6.01. The molecule has 1 unspecified atom stereocenters. The third kappa shape index (κ3) is 3.26. The van der Waals surface area contributed by atoms with E-state index in [1.807, 2.05) is 18.2 Å². The summed E-state index contributed by atoms with van der Waals surface area (Å²) in [5.74, 6) is 0.886. The Bertz CT molecular complexity index is 748. The molecule has 0 aliphatic carbocycles. The molecule has 1 aliphatic heterocycles. The summed E-state index contributed by atoms with van der Waals surface area (Å²) in [5.41, 5.74) is 0.957. The van der Waals surface area contributed by atoms with Gasteiger partial charge in [0.15, 0.2) is 0 Å². The summed E-state index contributed by atoms with van der Waals surface area (Å²) in [5, 5.41) is 0.625. The van der Waals surface area contributed by atoms with Crippen LogP contribution in [0.5, 0.6) is 0 Å². The Morgan fingerprint density at radius 3 is 2.67 bits per heavy atom. The second-order valence-corrected chi connectivity index (χ2v) is 8.09. The lowest BCUT2D eigenvalue weighted by Gasteiger charge is -2.26. The van der Waals surface area contributed by atoms with E-state index in [0.29, 0.717) is 5.02 Å². The minimum atomic E-state index is -3.52. The Balaban J connectivity index is 1.92. The maximum Gasteiger partial charge on any atom is 0.241 e. The largest absolute Gasteiger partial charge is 0.241 e. The number of benzene rings is 2. The number of hydrogen-bond donors (Lipinski definition) is 1. The SMILES string of the molecule is O=S(=O)(NC1CCSc2ccc(Cl)cc21)c1ccccc1. The highest BCUT2D eigenvalue weighted by Gasteiger charge is 2.26. The van der Waals surface area contributed by atoms with Gasteiger partial charge in [-0.3, -0.25) is 0 Å². The first kappa shape index (κ1) is 14.9. The van der Waals surface area contributed by atoms with Crippen LogP contribution in [0.1, 0.15) is 18.0 Å². The Morgan fingerprint density at radius 1 is 1.14 bits per heavy atom. The van der Waals surface area contributed by atoms with Crippen LogP contribution in [0, 0.1) is 0 Å². The van der Waals surface area contributed by atoms with Crippen LogP contribution in [0.15, 0.2) is 58.3 Å². The number of rotatable bonds is 3. The van der Waals surface area contributed by atoms with Crippen LogP contribution in [0.25, 0.3) is 0 Å². The minimum absolute atomic E-state index is 0.231. The number of halogens is 1. The van der Waals surface area contributed by atoms with Crippen molar-refractivity contribution in [3.05, 3.63) is 59.1 Å². The van der Waals surface area contributed by atoms with Gasteiger partial charge >= 0.3 is 0 Å². The molecule has 1 atom stereocenters. The van der Waals surface area contributed by atoms with Gasteiger partial charge in [-0.15, -0.1) is 11.8 Å². The van der Waals surface area contributed by atoms with E-state index in [1.54, 1.807) is 42.1 Å². The average Bonchev–Trinajstić information content (AvgIpc) is 2.48. The summed E-state index contributed by atoms with van der Waals surface area (Å²) in [6, 6.07) is 13.8. The Morgan fingerprint density at radius 2 is 1.90 bits per heavy atom. The van der Waals surface area contributed by atoms with Crippen LogP contribution < -0.4 is 4.72 Å². The van der Waals surface area contributed by atoms with E-state index in [2.05, 4.69) is 4.72 Å². The molecule has 0 aromatic heterocycles. The summed E-state index contributed by atoms with van der Waals surface area (Å²) in [6.45, 7) is 0. The van der Waals surface area contributed by atoms with Crippen LogP contribution in [0.3, 0.4) is 0 Å². The molecule has 110 valence electrons. The lowest BCUT2D eigenvalue weighted by atomic mass is 10.1. The molecule has 0 radical (unpaired) electrons. The molecular weight excluding hydrogens is 326 g/mol. The maximum absolute atomic E-state index is 12.4. The van der Waals surface area contributed by atoms with Gasteiger partial charge in [0.2, 0.25) is 10.0 Å². The van der Waals surface area contributed by atoms with Crippen LogP contribution >= 0.6 is 23.4 Å². The van der Waals surface area contributed by atoms with Crippen LogP contribution in [-0.4, -0.2) is 14.2 Å². The molecule has 3 rings (SSSR count). The molecule has 1 heterocycles. The molecular formula is C15H14ClNO2S2. The van der Waals surface area contributed by atoms with Gasteiger partial charge in [-0.1, -0.05) is 29.8 Å². The highest BCUT2D eigenvalue weighted by atomic mass is 35.5. The van der Waals surface area contributed by atoms with E-state index in [4.69, 9.17) is 11.6 Å². The van der Waals surface area contributed by atoms with Gasteiger partial charge in [0.05, 0.1) is 4.90 Å². The van der Waals surface area contributed by atoms with E-state index in [1.165, 1.54) is 0 Å². The number of nitrogens with one attached hydrogen (secondary N) is 1. The Hall–Kier alpha value is -1.01. The Kier molecular flexibility index (Phi) is 4.26. The standard InChI is InChI=1S/C15H14ClNO2S2/c16-11-6-7-15-13(10-11)14(8-9-20-15)17-21(18,19)12-4-2-1-3-5-12/h1-7,10,14,17H,8-9H2. The first-order valence-corrected chi connectivity index (χ1v) is 9.40. The molecule has 0 saturated carbocycles. The lowest BCUT2D eigenvalue weighted by molar-refractivity contribution is 0.546. The van der Waals surface area contributed by atoms with Gasteiger partial charge in [0.1, 0.15) is 0 Å². The number of fused-ring (bicyclic) bond motifs is 1. The van der Waals surface area contributed by atoms with Crippen molar-refractivity contribution in [1.29, 1.82) is 0 Å². The fourth-order valence-corrected chi connectivity index (χ4v) is 4.90. The smallest absolute Gasteiger partial charge is 0.207 e. The first-order valence-electron chi connectivity index (χ1n) is 6.56.